The first-order chi connectivity index (χ1) is 15.7. The van der Waals surface area contributed by atoms with Crippen LogP contribution in [0, 0.1) is 10.4 Å². The van der Waals surface area contributed by atoms with Crippen LogP contribution in [-0.4, -0.2) is 53.9 Å². The Hall–Kier alpha value is -1.61. The van der Waals surface area contributed by atoms with Crippen LogP contribution < -0.4 is 5.73 Å². The quantitative estimate of drug-likeness (QED) is 0.0695. The fraction of sp³-hybridized carbons (Fsp3) is 0.957. The molecule has 0 fully saturated rings. The molecule has 0 amide bonds. The van der Waals surface area contributed by atoms with Crippen molar-refractivity contribution in [2.45, 2.75) is 109 Å². The first-order valence-corrected chi connectivity index (χ1v) is 12.7. The third-order valence-electron chi connectivity index (χ3n) is 5.57. The van der Waals surface area contributed by atoms with Gasteiger partial charge in [0.2, 0.25) is 0 Å². The highest BCUT2D eigenvalue weighted by molar-refractivity contribution is 5.69. The molecule has 0 aromatic rings. The highest BCUT2D eigenvalue weighted by Gasteiger charge is 2.14. The van der Waals surface area contributed by atoms with Gasteiger partial charge in [0, 0.05) is 11.6 Å². The van der Waals surface area contributed by atoms with Crippen LogP contribution >= 0.6 is 0 Å². The van der Waals surface area contributed by atoms with Crippen LogP contribution in [0.2, 0.25) is 0 Å². The molecule has 190 valence electrons. The molecule has 3 N–H and O–H groups in total. The molecule has 0 radical (unpaired) electrons. The van der Waals surface area contributed by atoms with E-state index in [-0.39, 0.29) is 23.9 Å². The van der Waals surface area contributed by atoms with Gasteiger partial charge in [-0.05, 0) is 37.5 Å². The number of nitrogens with two attached hydrogens (primary N) is 1. The zero-order valence-electron chi connectivity index (χ0n) is 20.1. The maximum absolute atomic E-state index is 11.8. The van der Waals surface area contributed by atoms with Crippen molar-refractivity contribution in [2.24, 2.45) is 11.0 Å². The summed E-state index contributed by atoms with van der Waals surface area (Å²) < 4.78 is 5.22. The minimum atomic E-state index is -0.360. The summed E-state index contributed by atoms with van der Waals surface area (Å²) in [5.41, 5.74) is 5.42. The van der Waals surface area contributed by atoms with Gasteiger partial charge < -0.3 is 26.0 Å². The van der Waals surface area contributed by atoms with E-state index < -0.39 is 0 Å². The van der Waals surface area contributed by atoms with Crippen molar-refractivity contribution in [1.29, 1.82) is 0 Å². The van der Waals surface area contributed by atoms with E-state index >= 15 is 0 Å². The Bertz CT molecular complexity index is 452. The molecule has 0 aliphatic rings. The molecule has 0 unspecified atom stereocenters. The van der Waals surface area contributed by atoms with Crippen molar-refractivity contribution in [3.8, 4) is 0 Å². The second-order valence-electron chi connectivity index (χ2n) is 8.43. The topological polar surface area (TPSA) is 137 Å². The number of hydrogen-bond acceptors (Lipinski definition) is 7. The van der Waals surface area contributed by atoms with Crippen molar-refractivity contribution in [2.75, 3.05) is 32.8 Å². The van der Waals surface area contributed by atoms with Gasteiger partial charge in [0.1, 0.15) is 0 Å². The number of rotatable bonds is 24. The van der Waals surface area contributed by atoms with Crippen LogP contribution in [0.3, 0.4) is 0 Å². The maximum atomic E-state index is 11.8. The number of hydrogen-bond donors (Lipinski definition) is 2. The molecule has 0 atom stereocenters. The summed E-state index contributed by atoms with van der Waals surface area (Å²) in [5, 5.41) is 34.1. The predicted molar refractivity (Wildman–Crippen MR) is 127 cm³/mol. The standard InChI is InChI=1S/C23H48N4O5/c24-18-13-14-19-26(27(31)25-30)20-17-23(29)32-22-16-12-10-8-6-4-2-1-3-5-7-9-11-15-21-28/h28,30H,1-22,24H2/p-1/b27-25-. The fourth-order valence-electron chi connectivity index (χ4n) is 3.59. The SMILES string of the molecule is NCCCCN(CCC(=O)OCCCCCCCCCCCCCCCCO)/[N+]([O-])=N/[O-]. The normalized spacial score (nSPS) is 11.6. The number of aliphatic hydroxyl groups excluding tert-OH is 1. The summed E-state index contributed by atoms with van der Waals surface area (Å²) in [4.78, 5) is 11.8. The summed E-state index contributed by atoms with van der Waals surface area (Å²) in [6.07, 6.45) is 18.2. The van der Waals surface area contributed by atoms with Crippen molar-refractivity contribution in [3.05, 3.63) is 10.4 Å². The lowest BCUT2D eigenvalue weighted by atomic mass is 10.0. The Kier molecular flexibility index (Phi) is 22.8. The highest BCUT2D eigenvalue weighted by atomic mass is 16.6. The van der Waals surface area contributed by atoms with Gasteiger partial charge >= 0.3 is 5.97 Å². The Morgan fingerprint density at radius 2 is 1.31 bits per heavy atom. The third kappa shape index (κ3) is 20.3. The van der Waals surface area contributed by atoms with Gasteiger partial charge in [-0.1, -0.05) is 77.0 Å². The van der Waals surface area contributed by atoms with E-state index in [0.717, 1.165) is 38.5 Å². The number of hydrazine groups is 1. The number of ether oxygens (including phenoxy) is 1. The molecule has 0 heterocycles. The minimum Gasteiger partial charge on any atom is -0.737 e. The average Bonchev–Trinajstić information content (AvgIpc) is 2.80. The molecule has 0 bridgehead atoms. The zero-order valence-corrected chi connectivity index (χ0v) is 20.1. The van der Waals surface area contributed by atoms with Crippen LogP contribution in [0.15, 0.2) is 5.28 Å². The van der Waals surface area contributed by atoms with Gasteiger partial charge in [-0.3, -0.25) is 4.79 Å². The molecule has 0 aliphatic carbocycles. The van der Waals surface area contributed by atoms with E-state index in [1.807, 2.05) is 0 Å². The lowest BCUT2D eigenvalue weighted by Gasteiger charge is -2.19. The van der Waals surface area contributed by atoms with Gasteiger partial charge in [-0.15, -0.1) is 5.01 Å². The van der Waals surface area contributed by atoms with E-state index in [2.05, 4.69) is 5.28 Å². The second kappa shape index (κ2) is 24.0. The predicted octanol–water partition coefficient (Wildman–Crippen LogP) is 4.79. The minimum absolute atomic E-state index is 0.00910. The summed E-state index contributed by atoms with van der Waals surface area (Å²) in [5.74, 6) is -0.360. The Labute approximate surface area is 194 Å². The van der Waals surface area contributed by atoms with Gasteiger partial charge in [-0.25, -0.2) is 0 Å². The van der Waals surface area contributed by atoms with E-state index in [0.29, 0.717) is 32.7 Å². The largest absolute Gasteiger partial charge is 0.737 e. The molecule has 0 spiro atoms. The van der Waals surface area contributed by atoms with E-state index in [9.17, 15) is 15.2 Å². The summed E-state index contributed by atoms with van der Waals surface area (Å²) in [6.45, 7) is 1.69. The van der Waals surface area contributed by atoms with Crippen molar-refractivity contribution in [1.82, 2.24) is 5.01 Å². The molecule has 0 aromatic carbocycles. The second-order valence-corrected chi connectivity index (χ2v) is 8.43. The maximum Gasteiger partial charge on any atom is 0.307 e. The summed E-state index contributed by atoms with van der Waals surface area (Å²) in [6, 6.07) is 0. The smallest absolute Gasteiger partial charge is 0.307 e. The lowest BCUT2D eigenvalue weighted by Crippen LogP contribution is -2.34. The van der Waals surface area contributed by atoms with Gasteiger partial charge in [0.25, 0.3) is 0 Å². The zero-order chi connectivity index (χ0) is 23.7. The number of unbranched alkanes of at least 4 members (excludes halogenated alkanes) is 14. The molecule has 0 aliphatic heterocycles. The monoisotopic (exact) mass is 459 g/mol. The molecule has 0 saturated heterocycles. The molecule has 0 aromatic heterocycles. The molecule has 32 heavy (non-hydrogen) atoms. The van der Waals surface area contributed by atoms with Crippen LogP contribution in [-0.2, 0) is 9.53 Å². The third-order valence-corrected chi connectivity index (χ3v) is 5.57. The molecular formula is C23H47N4O5-. The average molecular weight is 460 g/mol. The molecule has 9 heteroatoms. The Morgan fingerprint density at radius 3 is 1.78 bits per heavy atom. The number of esters is 1. The number of nitrogens with zero attached hydrogens (tertiary/aromatic N) is 3. The van der Waals surface area contributed by atoms with Gasteiger partial charge in [0.15, 0.2) is 0 Å². The van der Waals surface area contributed by atoms with Crippen molar-refractivity contribution < 1.29 is 19.6 Å². The number of carbonyl (C=O) groups is 1. The fourth-order valence-corrected chi connectivity index (χ4v) is 3.59. The molecule has 0 rings (SSSR count). The first kappa shape index (κ1) is 30.4. The van der Waals surface area contributed by atoms with Gasteiger partial charge in [0.05, 0.1) is 26.1 Å². The van der Waals surface area contributed by atoms with E-state index in [1.165, 1.54) is 62.8 Å². The molecule has 9 nitrogen and oxygen atoms in total. The lowest BCUT2D eigenvalue weighted by molar-refractivity contribution is -0.690. The Morgan fingerprint density at radius 1 is 0.812 bits per heavy atom. The first-order valence-electron chi connectivity index (χ1n) is 12.7. The Balaban J connectivity index is 3.48. The summed E-state index contributed by atoms with van der Waals surface area (Å²) >= 11 is 0. The number of carbonyl (C=O) groups excluding carboxylic acids is 1. The van der Waals surface area contributed by atoms with E-state index in [1.54, 1.807) is 0 Å². The number of aliphatic hydroxyl groups is 1. The molecular weight excluding hydrogens is 412 g/mol. The van der Waals surface area contributed by atoms with Crippen molar-refractivity contribution >= 4 is 5.97 Å². The van der Waals surface area contributed by atoms with Crippen LogP contribution in [0.5, 0.6) is 0 Å². The van der Waals surface area contributed by atoms with Crippen LogP contribution in [0.1, 0.15) is 109 Å². The van der Waals surface area contributed by atoms with Crippen LogP contribution in [0.25, 0.3) is 0 Å². The van der Waals surface area contributed by atoms with E-state index in [4.69, 9.17) is 15.6 Å². The summed E-state index contributed by atoms with van der Waals surface area (Å²) in [7, 11) is 0. The van der Waals surface area contributed by atoms with Crippen LogP contribution in [0.4, 0.5) is 0 Å². The van der Waals surface area contributed by atoms with Gasteiger partial charge in [-0.2, -0.15) is 0 Å². The van der Waals surface area contributed by atoms with Crippen molar-refractivity contribution in [3.63, 3.8) is 0 Å². The molecule has 0 saturated carbocycles. The highest BCUT2D eigenvalue weighted by Crippen LogP contribution is 2.13.